The van der Waals surface area contributed by atoms with E-state index < -0.39 is 12.0 Å². The summed E-state index contributed by atoms with van der Waals surface area (Å²) in [5, 5.41) is 0. The molecule has 0 amide bonds. The second-order valence-electron chi connectivity index (χ2n) is 9.57. The third kappa shape index (κ3) is 4.60. The molecule has 0 N–H and O–H groups in total. The summed E-state index contributed by atoms with van der Waals surface area (Å²) >= 11 is 1.32. The number of thiazole rings is 1. The molecule has 2 aliphatic rings. The minimum atomic E-state index is -0.617. The molecule has 0 saturated heterocycles. The van der Waals surface area contributed by atoms with E-state index in [-0.39, 0.29) is 18.3 Å². The van der Waals surface area contributed by atoms with Crippen LogP contribution in [0.2, 0.25) is 0 Å². The highest BCUT2D eigenvalue weighted by molar-refractivity contribution is 7.07. The maximum absolute atomic E-state index is 13.9. The zero-order chi connectivity index (χ0) is 26.3. The van der Waals surface area contributed by atoms with Crippen molar-refractivity contribution in [1.29, 1.82) is 0 Å². The Morgan fingerprint density at radius 1 is 1.19 bits per heavy atom. The summed E-state index contributed by atoms with van der Waals surface area (Å²) in [6, 6.07) is 15.3. The molecule has 7 heteroatoms. The highest BCUT2D eigenvalue weighted by Gasteiger charge is 2.33. The number of rotatable bonds is 5. The number of carbonyl (C=O) groups is 1. The number of esters is 1. The third-order valence-corrected chi connectivity index (χ3v) is 7.73. The molecule has 0 bridgehead atoms. The Morgan fingerprint density at radius 3 is 2.62 bits per heavy atom. The highest BCUT2D eigenvalue weighted by Crippen LogP contribution is 2.32. The third-order valence-electron chi connectivity index (χ3n) is 6.75. The zero-order valence-corrected chi connectivity index (χ0v) is 22.5. The standard InChI is InChI=1S/C30H30N2O4S/c1-6-35-29(34)26-18(4)31-30-32(27(26)21-13-11-20(12-14-21)17(2)3)28(33)25(37-30)16-23-15-22-9-7-8-10-24(22)36-19(23)5/h7-17,19,27H,6H2,1-5H3/b25-16-/t19-,27-/m0/s1. The lowest BCUT2D eigenvalue weighted by atomic mass is 9.93. The summed E-state index contributed by atoms with van der Waals surface area (Å²) in [6.45, 7) is 10.1. The molecule has 2 aliphatic heterocycles. The lowest BCUT2D eigenvalue weighted by molar-refractivity contribution is -0.139. The van der Waals surface area contributed by atoms with Crippen LogP contribution in [0.1, 0.15) is 63.3 Å². The molecule has 2 atom stereocenters. The van der Waals surface area contributed by atoms with Gasteiger partial charge in [0.25, 0.3) is 5.56 Å². The molecule has 0 saturated carbocycles. The van der Waals surface area contributed by atoms with Gasteiger partial charge in [-0.15, -0.1) is 0 Å². The number of fused-ring (bicyclic) bond motifs is 2. The molecule has 1 aromatic heterocycles. The number of aromatic nitrogens is 1. The van der Waals surface area contributed by atoms with Crippen LogP contribution in [0, 0.1) is 0 Å². The Bertz CT molecular complexity index is 1610. The quantitative estimate of drug-likeness (QED) is 0.462. The minimum absolute atomic E-state index is 0.192. The fourth-order valence-corrected chi connectivity index (χ4v) is 5.79. The largest absolute Gasteiger partial charge is 0.485 e. The second kappa shape index (κ2) is 9.98. The first kappa shape index (κ1) is 25.0. The summed E-state index contributed by atoms with van der Waals surface area (Å²) in [7, 11) is 0. The van der Waals surface area contributed by atoms with Crippen LogP contribution in [0.25, 0.3) is 12.2 Å². The fourth-order valence-electron chi connectivity index (χ4n) is 4.74. The smallest absolute Gasteiger partial charge is 0.338 e. The Balaban J connectivity index is 1.68. The second-order valence-corrected chi connectivity index (χ2v) is 10.6. The van der Waals surface area contributed by atoms with Crippen molar-refractivity contribution < 1.29 is 14.3 Å². The highest BCUT2D eigenvalue weighted by atomic mass is 32.1. The molecule has 0 fully saturated rings. The van der Waals surface area contributed by atoms with E-state index in [1.807, 2.05) is 49.4 Å². The predicted molar refractivity (Wildman–Crippen MR) is 146 cm³/mol. The molecule has 0 spiro atoms. The van der Waals surface area contributed by atoms with E-state index in [1.165, 1.54) is 16.9 Å². The molecule has 0 radical (unpaired) electrons. The van der Waals surface area contributed by atoms with Crippen LogP contribution in [0.5, 0.6) is 5.75 Å². The summed E-state index contributed by atoms with van der Waals surface area (Å²) in [5.74, 6) is 0.744. The Kier molecular flexibility index (Phi) is 6.73. The summed E-state index contributed by atoms with van der Waals surface area (Å²) in [4.78, 5) is 32.2. The molecule has 5 rings (SSSR count). The average Bonchev–Trinajstić information content (AvgIpc) is 3.18. The van der Waals surface area contributed by atoms with Crippen LogP contribution in [0.15, 0.2) is 75.2 Å². The molecule has 2 aromatic carbocycles. The van der Waals surface area contributed by atoms with Crippen molar-refractivity contribution in [3.05, 3.63) is 102 Å². The van der Waals surface area contributed by atoms with E-state index in [4.69, 9.17) is 9.47 Å². The molecule has 37 heavy (non-hydrogen) atoms. The summed E-state index contributed by atoms with van der Waals surface area (Å²) in [6.07, 6.45) is 3.73. The number of nitrogens with zero attached hydrogens (tertiary/aromatic N) is 2. The van der Waals surface area contributed by atoms with Crippen molar-refractivity contribution in [2.45, 2.75) is 52.7 Å². The first-order valence-electron chi connectivity index (χ1n) is 12.5. The van der Waals surface area contributed by atoms with E-state index in [9.17, 15) is 9.59 Å². The topological polar surface area (TPSA) is 69.9 Å². The number of benzene rings is 2. The van der Waals surface area contributed by atoms with Crippen LogP contribution in [0.3, 0.4) is 0 Å². The van der Waals surface area contributed by atoms with Crippen molar-refractivity contribution in [3.8, 4) is 5.75 Å². The minimum Gasteiger partial charge on any atom is -0.485 e. The monoisotopic (exact) mass is 514 g/mol. The van der Waals surface area contributed by atoms with Crippen molar-refractivity contribution >= 4 is 29.5 Å². The van der Waals surface area contributed by atoms with Crippen molar-refractivity contribution in [2.24, 2.45) is 4.99 Å². The first-order valence-corrected chi connectivity index (χ1v) is 13.4. The normalized spacial score (nSPS) is 19.1. The van der Waals surface area contributed by atoms with Gasteiger partial charge in [-0.25, -0.2) is 9.79 Å². The molecule has 190 valence electrons. The number of allylic oxidation sites excluding steroid dienone is 1. The van der Waals surface area contributed by atoms with Crippen LogP contribution in [0.4, 0.5) is 0 Å². The molecule has 0 unspecified atom stereocenters. The summed E-state index contributed by atoms with van der Waals surface area (Å²) in [5.41, 5.74) is 4.67. The Labute approximate surface area is 219 Å². The van der Waals surface area contributed by atoms with Gasteiger partial charge in [-0.05, 0) is 61.6 Å². The Morgan fingerprint density at radius 2 is 1.92 bits per heavy atom. The maximum atomic E-state index is 13.9. The SMILES string of the molecule is CCOC(=O)C1=C(C)N=c2s/c(=C\C3=Cc4ccccc4O[C@H]3C)c(=O)n2[C@H]1c1ccc(C(C)C)cc1. The van der Waals surface area contributed by atoms with Gasteiger partial charge in [0.05, 0.1) is 28.5 Å². The molecule has 3 heterocycles. The van der Waals surface area contributed by atoms with Gasteiger partial charge in [0.15, 0.2) is 4.80 Å². The van der Waals surface area contributed by atoms with Crippen molar-refractivity contribution in [3.63, 3.8) is 0 Å². The van der Waals surface area contributed by atoms with Gasteiger partial charge in [-0.3, -0.25) is 9.36 Å². The number of carbonyl (C=O) groups excluding carboxylic acids is 1. The van der Waals surface area contributed by atoms with Gasteiger partial charge in [0, 0.05) is 5.56 Å². The molecular formula is C30H30N2O4S. The van der Waals surface area contributed by atoms with Crippen LogP contribution < -0.4 is 19.6 Å². The average molecular weight is 515 g/mol. The van der Waals surface area contributed by atoms with E-state index in [2.05, 4.69) is 37.0 Å². The first-order chi connectivity index (χ1) is 17.8. The number of hydrogen-bond acceptors (Lipinski definition) is 6. The van der Waals surface area contributed by atoms with Crippen molar-refractivity contribution in [2.75, 3.05) is 6.61 Å². The van der Waals surface area contributed by atoms with Gasteiger partial charge in [0.1, 0.15) is 11.9 Å². The van der Waals surface area contributed by atoms with Gasteiger partial charge < -0.3 is 9.47 Å². The van der Waals surface area contributed by atoms with E-state index in [0.717, 1.165) is 22.4 Å². The maximum Gasteiger partial charge on any atom is 0.338 e. The van der Waals surface area contributed by atoms with Crippen molar-refractivity contribution in [1.82, 2.24) is 4.57 Å². The Hall–Kier alpha value is -3.71. The van der Waals surface area contributed by atoms with Crippen LogP contribution in [-0.2, 0) is 9.53 Å². The number of hydrogen-bond donors (Lipinski definition) is 0. The van der Waals surface area contributed by atoms with E-state index >= 15 is 0 Å². The molecule has 6 nitrogen and oxygen atoms in total. The number of ether oxygens (including phenoxy) is 2. The molecule has 0 aliphatic carbocycles. The lowest BCUT2D eigenvalue weighted by Gasteiger charge is -2.25. The van der Waals surface area contributed by atoms with Gasteiger partial charge >= 0.3 is 5.97 Å². The predicted octanol–water partition coefficient (Wildman–Crippen LogP) is 4.74. The van der Waals surface area contributed by atoms with Gasteiger partial charge in [0.2, 0.25) is 0 Å². The van der Waals surface area contributed by atoms with Crippen LogP contribution >= 0.6 is 11.3 Å². The van der Waals surface area contributed by atoms with Gasteiger partial charge in [-0.1, -0.05) is 67.6 Å². The van der Waals surface area contributed by atoms with E-state index in [1.54, 1.807) is 18.4 Å². The number of para-hydroxylation sites is 1. The lowest BCUT2D eigenvalue weighted by Crippen LogP contribution is -2.40. The summed E-state index contributed by atoms with van der Waals surface area (Å²) < 4.78 is 13.6. The molecular weight excluding hydrogens is 484 g/mol. The van der Waals surface area contributed by atoms with Crippen LogP contribution in [-0.4, -0.2) is 23.2 Å². The van der Waals surface area contributed by atoms with Gasteiger partial charge in [-0.2, -0.15) is 0 Å². The van der Waals surface area contributed by atoms with E-state index in [0.29, 0.717) is 26.5 Å². The fraction of sp³-hybridized carbons (Fsp3) is 0.300. The molecule has 3 aromatic rings. The zero-order valence-electron chi connectivity index (χ0n) is 21.6.